The van der Waals surface area contributed by atoms with Crippen LogP contribution in [0.4, 0.5) is 0 Å². The molecule has 1 amide bonds. The Morgan fingerprint density at radius 1 is 1.38 bits per heavy atom. The molecule has 0 unspecified atom stereocenters. The summed E-state index contributed by atoms with van der Waals surface area (Å²) in [5, 5.41) is 12.9. The third-order valence-electron chi connectivity index (χ3n) is 4.51. The summed E-state index contributed by atoms with van der Waals surface area (Å²) in [4.78, 5) is 14.5. The molecule has 5 nitrogen and oxygen atoms in total. The van der Waals surface area contributed by atoms with Gasteiger partial charge in [-0.1, -0.05) is 12.8 Å². The number of nitrogens with zero attached hydrogens (tertiary/aromatic N) is 1. The van der Waals surface area contributed by atoms with Crippen LogP contribution in [0.25, 0.3) is 0 Å². The molecular formula is C16H24N2O3. The van der Waals surface area contributed by atoms with Crippen molar-refractivity contribution in [2.75, 3.05) is 27.7 Å². The molecule has 1 aliphatic carbocycles. The molecular weight excluding hydrogens is 268 g/mol. The van der Waals surface area contributed by atoms with Gasteiger partial charge in [0.1, 0.15) is 11.5 Å². The van der Waals surface area contributed by atoms with Gasteiger partial charge in [-0.25, -0.2) is 0 Å². The van der Waals surface area contributed by atoms with Crippen LogP contribution in [0.1, 0.15) is 36.0 Å². The molecule has 0 aromatic heterocycles. The van der Waals surface area contributed by atoms with Gasteiger partial charge in [0.2, 0.25) is 0 Å². The van der Waals surface area contributed by atoms with Crippen molar-refractivity contribution in [2.24, 2.45) is 0 Å². The Morgan fingerprint density at radius 3 is 2.57 bits per heavy atom. The molecule has 21 heavy (non-hydrogen) atoms. The number of carbonyl (C=O) groups excluding carboxylic acids is 1. The Morgan fingerprint density at radius 2 is 2.05 bits per heavy atom. The van der Waals surface area contributed by atoms with Crippen molar-refractivity contribution in [1.29, 1.82) is 0 Å². The van der Waals surface area contributed by atoms with Crippen LogP contribution in [0.5, 0.6) is 11.5 Å². The maximum atomic E-state index is 12.3. The topological polar surface area (TPSA) is 61.8 Å². The van der Waals surface area contributed by atoms with Gasteiger partial charge in [0.25, 0.3) is 5.91 Å². The first-order chi connectivity index (χ1) is 9.98. The van der Waals surface area contributed by atoms with Gasteiger partial charge in [-0.3, -0.25) is 4.79 Å². The minimum absolute atomic E-state index is 0.0394. The molecule has 1 aromatic rings. The van der Waals surface area contributed by atoms with Crippen LogP contribution in [0, 0.1) is 0 Å². The summed E-state index contributed by atoms with van der Waals surface area (Å²) in [7, 11) is 5.64. The highest BCUT2D eigenvalue weighted by Gasteiger charge is 2.36. The number of rotatable bonds is 5. The molecule has 0 atom stereocenters. The lowest BCUT2D eigenvalue weighted by Crippen LogP contribution is -2.50. The second-order valence-electron chi connectivity index (χ2n) is 5.89. The number of hydrogen-bond donors (Lipinski definition) is 2. The lowest BCUT2D eigenvalue weighted by atomic mass is 9.96. The Labute approximate surface area is 125 Å². The van der Waals surface area contributed by atoms with Crippen LogP contribution in [-0.2, 0) is 0 Å². The Hall–Kier alpha value is -1.75. The van der Waals surface area contributed by atoms with E-state index in [1.165, 1.54) is 26.0 Å². The highest BCUT2D eigenvalue weighted by atomic mass is 16.5. The number of amides is 1. The summed E-state index contributed by atoms with van der Waals surface area (Å²) >= 11 is 0. The van der Waals surface area contributed by atoms with E-state index in [1.54, 1.807) is 12.1 Å². The number of likely N-dealkylation sites (N-methyl/N-ethyl adjacent to an activating group) is 1. The van der Waals surface area contributed by atoms with E-state index in [9.17, 15) is 9.90 Å². The van der Waals surface area contributed by atoms with Crippen LogP contribution in [0.2, 0.25) is 0 Å². The van der Waals surface area contributed by atoms with Crippen molar-refractivity contribution < 1.29 is 14.6 Å². The Kier molecular flexibility index (Phi) is 4.73. The smallest absolute Gasteiger partial charge is 0.255 e. The summed E-state index contributed by atoms with van der Waals surface area (Å²) in [5.41, 5.74) is 0.320. The molecule has 0 heterocycles. The van der Waals surface area contributed by atoms with Crippen molar-refractivity contribution >= 4 is 5.91 Å². The lowest BCUT2D eigenvalue weighted by molar-refractivity contribution is 0.0897. The van der Waals surface area contributed by atoms with E-state index in [-0.39, 0.29) is 22.8 Å². The van der Waals surface area contributed by atoms with Gasteiger partial charge in [-0.2, -0.15) is 0 Å². The molecule has 1 saturated carbocycles. The highest BCUT2D eigenvalue weighted by Crippen LogP contribution is 2.33. The molecule has 2 N–H and O–H groups in total. The van der Waals surface area contributed by atoms with Crippen molar-refractivity contribution in [2.45, 2.75) is 31.2 Å². The minimum Gasteiger partial charge on any atom is -0.507 e. The van der Waals surface area contributed by atoms with Gasteiger partial charge < -0.3 is 20.1 Å². The maximum Gasteiger partial charge on any atom is 0.255 e. The molecule has 0 spiro atoms. The van der Waals surface area contributed by atoms with Crippen LogP contribution in [0.3, 0.4) is 0 Å². The van der Waals surface area contributed by atoms with Gasteiger partial charge in [0.15, 0.2) is 0 Å². The number of hydrogen-bond acceptors (Lipinski definition) is 4. The largest absolute Gasteiger partial charge is 0.507 e. The molecule has 1 aromatic carbocycles. The fourth-order valence-corrected chi connectivity index (χ4v) is 2.99. The zero-order valence-electron chi connectivity index (χ0n) is 13.0. The Balaban J connectivity index is 2.04. The summed E-state index contributed by atoms with van der Waals surface area (Å²) in [6, 6.07) is 4.71. The second kappa shape index (κ2) is 6.35. The van der Waals surface area contributed by atoms with E-state index < -0.39 is 0 Å². The summed E-state index contributed by atoms with van der Waals surface area (Å²) in [6.07, 6.45) is 4.58. The lowest BCUT2D eigenvalue weighted by Gasteiger charge is -2.36. The molecule has 5 heteroatoms. The number of methoxy groups -OCH3 is 1. The van der Waals surface area contributed by atoms with Gasteiger partial charge >= 0.3 is 0 Å². The van der Waals surface area contributed by atoms with E-state index in [4.69, 9.17) is 4.74 Å². The molecule has 0 radical (unpaired) electrons. The number of phenolic OH excluding ortho intramolecular Hbond substituents is 1. The minimum atomic E-state index is -0.247. The number of phenols is 1. The van der Waals surface area contributed by atoms with Crippen molar-refractivity contribution in [3.8, 4) is 11.5 Å². The fourth-order valence-electron chi connectivity index (χ4n) is 2.99. The first-order valence-electron chi connectivity index (χ1n) is 7.31. The van der Waals surface area contributed by atoms with Gasteiger partial charge in [-0.15, -0.1) is 0 Å². The average molecular weight is 292 g/mol. The first-order valence-corrected chi connectivity index (χ1v) is 7.31. The average Bonchev–Trinajstić information content (AvgIpc) is 2.94. The number of aromatic hydroxyl groups is 1. The van der Waals surface area contributed by atoms with Crippen molar-refractivity contribution in [3.05, 3.63) is 23.8 Å². The van der Waals surface area contributed by atoms with E-state index in [0.29, 0.717) is 12.3 Å². The number of nitrogens with one attached hydrogen (secondary N) is 1. The predicted molar refractivity (Wildman–Crippen MR) is 81.9 cm³/mol. The maximum absolute atomic E-state index is 12.3. The second-order valence-corrected chi connectivity index (χ2v) is 5.89. The van der Waals surface area contributed by atoms with Crippen LogP contribution < -0.4 is 10.1 Å². The third kappa shape index (κ3) is 3.29. The van der Waals surface area contributed by atoms with Crippen LogP contribution in [0.15, 0.2) is 18.2 Å². The molecule has 0 aliphatic heterocycles. The Bertz CT molecular complexity index is 508. The molecule has 1 fully saturated rings. The quantitative estimate of drug-likeness (QED) is 0.871. The van der Waals surface area contributed by atoms with Gasteiger partial charge in [0, 0.05) is 18.2 Å². The SMILES string of the molecule is COc1ccc(C(=O)NCC2(N(C)C)CCCC2)c(O)c1. The molecule has 116 valence electrons. The number of carbonyl (C=O) groups is 1. The van der Waals surface area contributed by atoms with E-state index in [2.05, 4.69) is 24.3 Å². The number of ether oxygens (including phenoxy) is 1. The zero-order chi connectivity index (χ0) is 15.5. The summed E-state index contributed by atoms with van der Waals surface area (Å²) in [6.45, 7) is 0.601. The first kappa shape index (κ1) is 15.6. The van der Waals surface area contributed by atoms with E-state index in [1.807, 2.05) is 0 Å². The zero-order valence-corrected chi connectivity index (χ0v) is 13.0. The predicted octanol–water partition coefficient (Wildman–Crippen LogP) is 2.00. The van der Waals surface area contributed by atoms with E-state index in [0.717, 1.165) is 12.8 Å². The van der Waals surface area contributed by atoms with Crippen molar-refractivity contribution in [1.82, 2.24) is 10.2 Å². The van der Waals surface area contributed by atoms with E-state index >= 15 is 0 Å². The number of benzene rings is 1. The molecule has 0 saturated heterocycles. The van der Waals surface area contributed by atoms with Gasteiger partial charge in [-0.05, 0) is 39.1 Å². The summed E-state index contributed by atoms with van der Waals surface area (Å²) < 4.78 is 5.02. The molecule has 0 bridgehead atoms. The van der Waals surface area contributed by atoms with Gasteiger partial charge in [0.05, 0.1) is 12.7 Å². The van der Waals surface area contributed by atoms with Crippen LogP contribution in [-0.4, -0.2) is 49.2 Å². The highest BCUT2D eigenvalue weighted by molar-refractivity contribution is 5.97. The monoisotopic (exact) mass is 292 g/mol. The summed E-state index contributed by atoms with van der Waals surface area (Å²) in [5.74, 6) is 0.227. The normalized spacial score (nSPS) is 17.0. The molecule has 2 rings (SSSR count). The van der Waals surface area contributed by atoms with Crippen molar-refractivity contribution in [3.63, 3.8) is 0 Å². The third-order valence-corrected chi connectivity index (χ3v) is 4.51. The fraction of sp³-hybridized carbons (Fsp3) is 0.562. The van der Waals surface area contributed by atoms with Crippen LogP contribution >= 0.6 is 0 Å². The molecule has 1 aliphatic rings. The standard InChI is InChI=1S/C16H24N2O3/c1-18(2)16(8-4-5-9-16)11-17-15(20)13-7-6-12(21-3)10-14(13)19/h6-7,10,19H,4-5,8-9,11H2,1-3H3,(H,17,20).